The molecule has 3 unspecified atom stereocenters. The van der Waals surface area contributed by atoms with Crippen LogP contribution in [0, 0.1) is 0 Å². The summed E-state index contributed by atoms with van der Waals surface area (Å²) in [6, 6.07) is -0.782. The fraction of sp³-hybridized carbons (Fsp3) is 0.825. The summed E-state index contributed by atoms with van der Waals surface area (Å²) < 4.78 is 22.1. The average molecular weight is 713 g/mol. The Morgan fingerprint density at radius 1 is 0.694 bits per heavy atom. The molecule has 0 aromatic heterocycles. The van der Waals surface area contributed by atoms with Crippen LogP contribution in [0.5, 0.6) is 0 Å². The van der Waals surface area contributed by atoms with Gasteiger partial charge in [0, 0.05) is 13.0 Å². The van der Waals surface area contributed by atoms with E-state index in [1.54, 1.807) is 0 Å². The summed E-state index contributed by atoms with van der Waals surface area (Å²) in [6.45, 7) is 4.07. The van der Waals surface area contributed by atoms with Gasteiger partial charge in [-0.25, -0.2) is 4.57 Å². The van der Waals surface area contributed by atoms with E-state index < -0.39 is 20.0 Å². The number of hydrogen-bond donors (Lipinski definition) is 4. The monoisotopic (exact) mass is 713 g/mol. The molecule has 0 aromatic rings. The van der Waals surface area contributed by atoms with Crippen LogP contribution in [0.15, 0.2) is 36.5 Å². The van der Waals surface area contributed by atoms with Gasteiger partial charge in [0.25, 0.3) is 0 Å². The molecule has 49 heavy (non-hydrogen) atoms. The van der Waals surface area contributed by atoms with Gasteiger partial charge in [-0.15, -0.1) is 0 Å². The maximum Gasteiger partial charge on any atom is 0.472 e. The predicted molar refractivity (Wildman–Crippen MR) is 208 cm³/mol. The number of hydrogen-bond acceptors (Lipinski definition) is 6. The molecule has 0 rings (SSSR count). The molecule has 0 radical (unpaired) electrons. The van der Waals surface area contributed by atoms with Gasteiger partial charge in [0.2, 0.25) is 5.91 Å². The molecule has 288 valence electrons. The lowest BCUT2D eigenvalue weighted by molar-refractivity contribution is -0.123. The molecule has 0 saturated heterocycles. The molecule has 3 atom stereocenters. The van der Waals surface area contributed by atoms with Crippen LogP contribution in [0.2, 0.25) is 0 Å². The minimum Gasteiger partial charge on any atom is -0.391 e. The SMILES string of the molecule is CC/C=C\C/C=C\C/C=C\CCCCCCCC(=O)NC(COP(=O)(O)OCCN)C(O)CCCCCCCCCCCCCCCCC. The van der Waals surface area contributed by atoms with Crippen molar-refractivity contribution < 1.29 is 28.4 Å². The van der Waals surface area contributed by atoms with Gasteiger partial charge in [0.05, 0.1) is 25.4 Å². The summed E-state index contributed by atoms with van der Waals surface area (Å²) in [6.07, 6.45) is 41.4. The Bertz CT molecular complexity index is 866. The minimum absolute atomic E-state index is 0.0849. The lowest BCUT2D eigenvalue weighted by Crippen LogP contribution is -2.46. The van der Waals surface area contributed by atoms with E-state index in [1.165, 1.54) is 77.0 Å². The van der Waals surface area contributed by atoms with Gasteiger partial charge < -0.3 is 21.1 Å². The molecule has 1 amide bonds. The first-order valence-electron chi connectivity index (χ1n) is 20.1. The molecule has 0 aromatic carbocycles. The first-order valence-corrected chi connectivity index (χ1v) is 21.6. The Kier molecular flexibility index (Phi) is 35.6. The van der Waals surface area contributed by atoms with E-state index in [4.69, 9.17) is 14.8 Å². The van der Waals surface area contributed by atoms with Crippen molar-refractivity contribution in [1.29, 1.82) is 0 Å². The topological polar surface area (TPSA) is 131 Å². The largest absolute Gasteiger partial charge is 0.472 e. The molecule has 0 bridgehead atoms. The number of unbranched alkanes of at least 4 members (excludes halogenated alkanes) is 19. The Balaban J connectivity index is 4.24. The summed E-state index contributed by atoms with van der Waals surface area (Å²) >= 11 is 0. The second-order valence-corrected chi connectivity index (χ2v) is 14.9. The van der Waals surface area contributed by atoms with E-state index >= 15 is 0 Å². The van der Waals surface area contributed by atoms with E-state index in [-0.39, 0.29) is 25.7 Å². The van der Waals surface area contributed by atoms with E-state index in [0.717, 1.165) is 77.0 Å². The van der Waals surface area contributed by atoms with Crippen LogP contribution in [0.1, 0.15) is 181 Å². The van der Waals surface area contributed by atoms with E-state index in [1.807, 2.05) is 0 Å². The predicted octanol–water partition coefficient (Wildman–Crippen LogP) is 10.8. The molecule has 0 heterocycles. The highest BCUT2D eigenvalue weighted by atomic mass is 31.2. The number of allylic oxidation sites excluding steroid dienone is 6. The number of carbonyl (C=O) groups excluding carboxylic acids is 1. The molecular weight excluding hydrogens is 635 g/mol. The van der Waals surface area contributed by atoms with Gasteiger partial charge in [-0.1, -0.05) is 166 Å². The van der Waals surface area contributed by atoms with E-state index in [9.17, 15) is 19.4 Å². The third-order valence-corrected chi connectivity index (χ3v) is 9.74. The van der Waals surface area contributed by atoms with Crippen molar-refractivity contribution in [3.05, 3.63) is 36.5 Å². The fourth-order valence-corrected chi connectivity index (χ4v) is 6.50. The van der Waals surface area contributed by atoms with Gasteiger partial charge in [-0.3, -0.25) is 13.8 Å². The van der Waals surface area contributed by atoms with Crippen LogP contribution < -0.4 is 11.1 Å². The summed E-state index contributed by atoms with van der Waals surface area (Å²) in [5.74, 6) is -0.180. The fourth-order valence-electron chi connectivity index (χ4n) is 5.74. The highest BCUT2D eigenvalue weighted by Crippen LogP contribution is 2.43. The molecule has 0 spiro atoms. The van der Waals surface area contributed by atoms with Crippen LogP contribution in [0.3, 0.4) is 0 Å². The first-order chi connectivity index (χ1) is 23.9. The molecule has 0 saturated carbocycles. The van der Waals surface area contributed by atoms with Gasteiger partial charge in [-0.2, -0.15) is 0 Å². The number of nitrogens with one attached hydrogen (secondary N) is 1. The lowest BCUT2D eigenvalue weighted by atomic mass is 10.0. The molecule has 8 nitrogen and oxygen atoms in total. The molecule has 0 aliphatic rings. The van der Waals surface area contributed by atoms with Crippen LogP contribution in [-0.2, 0) is 18.4 Å². The van der Waals surface area contributed by atoms with Crippen molar-refractivity contribution in [2.24, 2.45) is 5.73 Å². The second-order valence-electron chi connectivity index (χ2n) is 13.5. The number of aliphatic hydroxyl groups is 1. The van der Waals surface area contributed by atoms with Crippen LogP contribution >= 0.6 is 7.82 Å². The standard InChI is InChI=1S/C40H77N2O6P/c1-3-5-7-9-11-13-15-17-19-21-23-25-27-29-31-33-39(43)38(37-48-49(45,46)47-36-35-41)42-40(44)34-32-30-28-26-24-22-20-18-16-14-12-10-8-6-4-2/h6,8,12,14,18,20,38-39,43H,3-5,7,9-11,13,15-17,19,21-37,41H2,1-2H3,(H,42,44)(H,45,46)/b8-6-,14-12-,20-18-. The summed E-state index contributed by atoms with van der Waals surface area (Å²) in [5, 5.41) is 13.8. The third kappa shape index (κ3) is 34.9. The van der Waals surface area contributed by atoms with Crippen molar-refractivity contribution in [2.75, 3.05) is 19.8 Å². The van der Waals surface area contributed by atoms with Crippen molar-refractivity contribution in [3.8, 4) is 0 Å². The molecule has 0 aliphatic heterocycles. The van der Waals surface area contributed by atoms with Crippen molar-refractivity contribution in [2.45, 2.75) is 193 Å². The molecule has 0 aliphatic carbocycles. The number of amides is 1. The van der Waals surface area contributed by atoms with Gasteiger partial charge in [0.1, 0.15) is 0 Å². The maximum atomic E-state index is 12.7. The lowest BCUT2D eigenvalue weighted by Gasteiger charge is -2.25. The Labute approximate surface area is 301 Å². The number of rotatable bonds is 37. The van der Waals surface area contributed by atoms with E-state index in [0.29, 0.717) is 12.8 Å². The van der Waals surface area contributed by atoms with Gasteiger partial charge in [-0.05, 0) is 44.9 Å². The van der Waals surface area contributed by atoms with Crippen molar-refractivity contribution in [1.82, 2.24) is 5.32 Å². The Morgan fingerprint density at radius 2 is 1.18 bits per heavy atom. The van der Waals surface area contributed by atoms with Crippen molar-refractivity contribution >= 4 is 13.7 Å². The minimum atomic E-state index is -4.32. The Hall–Kier alpha value is -1.28. The average Bonchev–Trinajstić information content (AvgIpc) is 3.09. The number of aliphatic hydroxyl groups excluding tert-OH is 1. The summed E-state index contributed by atoms with van der Waals surface area (Å²) in [4.78, 5) is 22.7. The number of phosphoric acid groups is 1. The summed E-state index contributed by atoms with van der Waals surface area (Å²) in [7, 11) is -4.32. The summed E-state index contributed by atoms with van der Waals surface area (Å²) in [5.41, 5.74) is 5.37. The number of carbonyl (C=O) groups is 1. The smallest absolute Gasteiger partial charge is 0.391 e. The number of phosphoric ester groups is 1. The van der Waals surface area contributed by atoms with Crippen LogP contribution in [0.25, 0.3) is 0 Å². The van der Waals surface area contributed by atoms with Crippen LogP contribution in [0.4, 0.5) is 0 Å². The quantitative estimate of drug-likeness (QED) is 0.0286. The molecule has 9 heteroatoms. The highest BCUT2D eigenvalue weighted by Gasteiger charge is 2.27. The normalized spacial score (nSPS) is 14.6. The molecular formula is C40H77N2O6P. The second kappa shape index (κ2) is 36.5. The Morgan fingerprint density at radius 3 is 1.73 bits per heavy atom. The maximum absolute atomic E-state index is 12.7. The van der Waals surface area contributed by atoms with Gasteiger partial charge in [0.15, 0.2) is 0 Å². The molecule has 0 fully saturated rings. The van der Waals surface area contributed by atoms with E-state index in [2.05, 4.69) is 55.6 Å². The third-order valence-electron chi connectivity index (χ3n) is 8.76. The van der Waals surface area contributed by atoms with Crippen molar-refractivity contribution in [3.63, 3.8) is 0 Å². The number of nitrogens with two attached hydrogens (primary N) is 1. The van der Waals surface area contributed by atoms with Gasteiger partial charge >= 0.3 is 7.82 Å². The zero-order valence-corrected chi connectivity index (χ0v) is 32.6. The van der Waals surface area contributed by atoms with Crippen LogP contribution in [-0.4, -0.2) is 47.8 Å². The molecule has 5 N–H and O–H groups in total. The zero-order valence-electron chi connectivity index (χ0n) is 31.7. The first kappa shape index (κ1) is 47.7. The highest BCUT2D eigenvalue weighted by molar-refractivity contribution is 7.47. The zero-order chi connectivity index (χ0) is 36.1.